The van der Waals surface area contributed by atoms with E-state index in [1.54, 1.807) is 25.1 Å². The molecule has 2 aromatic carbocycles. The Morgan fingerprint density at radius 1 is 1.07 bits per heavy atom. The number of carbonyl (C=O) groups is 2. The molecular formula is C20H20F3NO4. The molecule has 0 saturated carbocycles. The molecule has 0 aromatic heterocycles. The Labute approximate surface area is 160 Å². The van der Waals surface area contributed by atoms with Gasteiger partial charge in [-0.15, -0.1) is 0 Å². The van der Waals surface area contributed by atoms with Crippen molar-refractivity contribution in [2.75, 3.05) is 20.3 Å². The molecule has 2 aromatic rings. The summed E-state index contributed by atoms with van der Waals surface area (Å²) in [5.74, 6) is -0.603. The standard InChI is InChI=1S/C20H20F3NO4/c1-3-28-18(25)13-24(19(26)15-5-4-6-17(11-15)27-2)12-14-7-9-16(10-8-14)20(21,22)23/h4-11H,3,12-13H2,1-2H3. The Morgan fingerprint density at radius 2 is 1.75 bits per heavy atom. The van der Waals surface area contributed by atoms with Gasteiger partial charge in [-0.05, 0) is 42.8 Å². The smallest absolute Gasteiger partial charge is 0.416 e. The molecule has 0 radical (unpaired) electrons. The number of esters is 1. The molecule has 28 heavy (non-hydrogen) atoms. The molecule has 8 heteroatoms. The first kappa shape index (κ1) is 21.3. The van der Waals surface area contributed by atoms with Crippen LogP contribution < -0.4 is 4.74 Å². The minimum Gasteiger partial charge on any atom is -0.497 e. The van der Waals surface area contributed by atoms with Crippen LogP contribution in [0.3, 0.4) is 0 Å². The van der Waals surface area contributed by atoms with Crippen molar-refractivity contribution in [2.45, 2.75) is 19.6 Å². The van der Waals surface area contributed by atoms with Crippen molar-refractivity contribution < 1.29 is 32.2 Å². The maximum absolute atomic E-state index is 12.9. The first-order valence-electron chi connectivity index (χ1n) is 8.49. The van der Waals surface area contributed by atoms with Crippen LogP contribution in [0.5, 0.6) is 5.75 Å². The third-order valence-corrected chi connectivity index (χ3v) is 3.88. The van der Waals surface area contributed by atoms with E-state index in [-0.39, 0.29) is 25.3 Å². The molecule has 0 aliphatic carbocycles. The molecular weight excluding hydrogens is 375 g/mol. The van der Waals surface area contributed by atoms with Gasteiger partial charge in [-0.25, -0.2) is 0 Å². The Morgan fingerprint density at radius 3 is 2.32 bits per heavy atom. The molecule has 0 aliphatic heterocycles. The summed E-state index contributed by atoms with van der Waals surface area (Å²) >= 11 is 0. The van der Waals surface area contributed by atoms with Gasteiger partial charge in [-0.2, -0.15) is 13.2 Å². The summed E-state index contributed by atoms with van der Waals surface area (Å²) in [7, 11) is 1.46. The number of methoxy groups -OCH3 is 1. The molecule has 0 fully saturated rings. The molecule has 2 rings (SSSR count). The molecule has 0 bridgehead atoms. The Hall–Kier alpha value is -3.03. The lowest BCUT2D eigenvalue weighted by molar-refractivity contribution is -0.144. The average Bonchev–Trinajstić information content (AvgIpc) is 2.67. The summed E-state index contributed by atoms with van der Waals surface area (Å²) < 4.78 is 48.2. The van der Waals surface area contributed by atoms with Crippen LogP contribution in [0, 0.1) is 0 Å². The monoisotopic (exact) mass is 395 g/mol. The van der Waals surface area contributed by atoms with E-state index in [0.29, 0.717) is 11.3 Å². The van der Waals surface area contributed by atoms with E-state index >= 15 is 0 Å². The summed E-state index contributed by atoms with van der Waals surface area (Å²) in [5, 5.41) is 0. The lowest BCUT2D eigenvalue weighted by Crippen LogP contribution is -2.36. The van der Waals surface area contributed by atoms with Gasteiger partial charge in [-0.3, -0.25) is 9.59 Å². The summed E-state index contributed by atoms with van der Waals surface area (Å²) in [6.45, 7) is 1.42. The maximum atomic E-state index is 12.9. The van der Waals surface area contributed by atoms with Gasteiger partial charge in [0.2, 0.25) is 0 Å². The summed E-state index contributed by atoms with van der Waals surface area (Å²) in [6.07, 6.45) is -4.44. The topological polar surface area (TPSA) is 55.8 Å². The van der Waals surface area contributed by atoms with Gasteiger partial charge in [0.05, 0.1) is 19.3 Å². The van der Waals surface area contributed by atoms with Gasteiger partial charge in [0, 0.05) is 12.1 Å². The molecule has 150 valence electrons. The minimum absolute atomic E-state index is 0.0486. The van der Waals surface area contributed by atoms with E-state index in [1.807, 2.05) is 0 Å². The van der Waals surface area contributed by atoms with E-state index < -0.39 is 23.6 Å². The van der Waals surface area contributed by atoms with E-state index in [1.165, 1.54) is 30.2 Å². The Kier molecular flexibility index (Phi) is 7.03. The lowest BCUT2D eigenvalue weighted by atomic mass is 10.1. The quantitative estimate of drug-likeness (QED) is 0.667. The zero-order valence-electron chi connectivity index (χ0n) is 15.5. The minimum atomic E-state index is -4.44. The van der Waals surface area contributed by atoms with Crippen molar-refractivity contribution in [1.29, 1.82) is 0 Å². The second-order valence-corrected chi connectivity index (χ2v) is 5.89. The molecule has 0 spiro atoms. The van der Waals surface area contributed by atoms with Crippen LogP contribution in [0.1, 0.15) is 28.4 Å². The molecule has 0 N–H and O–H groups in total. The highest BCUT2D eigenvalue weighted by Crippen LogP contribution is 2.29. The van der Waals surface area contributed by atoms with E-state index in [9.17, 15) is 22.8 Å². The number of amides is 1. The third-order valence-electron chi connectivity index (χ3n) is 3.88. The van der Waals surface area contributed by atoms with E-state index in [2.05, 4.69) is 0 Å². The fourth-order valence-electron chi connectivity index (χ4n) is 2.52. The molecule has 0 atom stereocenters. The molecule has 5 nitrogen and oxygen atoms in total. The van der Waals surface area contributed by atoms with Crippen molar-refractivity contribution in [1.82, 2.24) is 4.90 Å². The second kappa shape index (κ2) is 9.25. The van der Waals surface area contributed by atoms with Crippen molar-refractivity contribution in [3.8, 4) is 5.75 Å². The zero-order chi connectivity index (χ0) is 20.7. The van der Waals surface area contributed by atoms with Crippen molar-refractivity contribution in [2.24, 2.45) is 0 Å². The molecule has 1 amide bonds. The van der Waals surface area contributed by atoms with Gasteiger partial charge < -0.3 is 14.4 Å². The summed E-state index contributed by atoms with van der Waals surface area (Å²) in [4.78, 5) is 26.0. The maximum Gasteiger partial charge on any atom is 0.416 e. The average molecular weight is 395 g/mol. The lowest BCUT2D eigenvalue weighted by Gasteiger charge is -2.22. The third kappa shape index (κ3) is 5.73. The first-order chi connectivity index (χ1) is 13.2. The molecule has 0 saturated heterocycles. The highest BCUT2D eigenvalue weighted by Gasteiger charge is 2.30. The van der Waals surface area contributed by atoms with Gasteiger partial charge in [0.1, 0.15) is 12.3 Å². The fourth-order valence-corrected chi connectivity index (χ4v) is 2.52. The predicted molar refractivity (Wildman–Crippen MR) is 95.8 cm³/mol. The number of hydrogen-bond acceptors (Lipinski definition) is 4. The van der Waals surface area contributed by atoms with Gasteiger partial charge in [0.15, 0.2) is 0 Å². The highest BCUT2D eigenvalue weighted by molar-refractivity contribution is 5.96. The number of ether oxygens (including phenoxy) is 2. The van der Waals surface area contributed by atoms with Crippen LogP contribution in [0.25, 0.3) is 0 Å². The highest BCUT2D eigenvalue weighted by atomic mass is 19.4. The number of alkyl halides is 3. The van der Waals surface area contributed by atoms with Crippen LogP contribution >= 0.6 is 0 Å². The van der Waals surface area contributed by atoms with Gasteiger partial charge in [0.25, 0.3) is 5.91 Å². The Bertz CT molecular complexity index is 819. The van der Waals surface area contributed by atoms with E-state index in [0.717, 1.165) is 12.1 Å². The number of hydrogen-bond donors (Lipinski definition) is 0. The van der Waals surface area contributed by atoms with E-state index in [4.69, 9.17) is 9.47 Å². The predicted octanol–water partition coefficient (Wildman–Crippen LogP) is 3.92. The normalized spacial score (nSPS) is 11.0. The summed E-state index contributed by atoms with van der Waals surface area (Å²) in [6, 6.07) is 10.8. The number of rotatable bonds is 7. The van der Waals surface area contributed by atoms with Crippen LogP contribution in [-0.4, -0.2) is 37.0 Å². The second-order valence-electron chi connectivity index (χ2n) is 5.89. The SMILES string of the molecule is CCOC(=O)CN(Cc1ccc(C(F)(F)F)cc1)C(=O)c1cccc(OC)c1. The largest absolute Gasteiger partial charge is 0.497 e. The van der Waals surface area contributed by atoms with Crippen molar-refractivity contribution in [3.63, 3.8) is 0 Å². The van der Waals surface area contributed by atoms with Crippen LogP contribution in [0.2, 0.25) is 0 Å². The van der Waals surface area contributed by atoms with Gasteiger partial charge >= 0.3 is 12.1 Å². The van der Waals surface area contributed by atoms with Crippen LogP contribution in [0.15, 0.2) is 48.5 Å². The molecule has 0 unspecified atom stereocenters. The van der Waals surface area contributed by atoms with Crippen LogP contribution in [0.4, 0.5) is 13.2 Å². The Balaban J connectivity index is 2.25. The number of benzene rings is 2. The van der Waals surface area contributed by atoms with Gasteiger partial charge in [-0.1, -0.05) is 18.2 Å². The summed E-state index contributed by atoms with van der Waals surface area (Å²) in [5.41, 5.74) is -0.0450. The van der Waals surface area contributed by atoms with Crippen molar-refractivity contribution >= 4 is 11.9 Å². The molecule has 0 aliphatic rings. The number of carbonyl (C=O) groups excluding carboxylic acids is 2. The number of halogens is 3. The first-order valence-corrected chi connectivity index (χ1v) is 8.49. The zero-order valence-corrected chi connectivity index (χ0v) is 15.5. The fraction of sp³-hybridized carbons (Fsp3) is 0.300. The van der Waals surface area contributed by atoms with Crippen molar-refractivity contribution in [3.05, 3.63) is 65.2 Å². The molecule has 0 heterocycles. The van der Waals surface area contributed by atoms with Crippen LogP contribution in [-0.2, 0) is 22.3 Å². The number of nitrogens with zero attached hydrogens (tertiary/aromatic N) is 1.